The summed E-state index contributed by atoms with van der Waals surface area (Å²) in [6.45, 7) is 6.38. The minimum Gasteiger partial charge on any atom is -0.313 e. The summed E-state index contributed by atoms with van der Waals surface area (Å²) < 4.78 is 0. The molecule has 2 nitrogen and oxygen atoms in total. The van der Waals surface area contributed by atoms with E-state index in [1.807, 2.05) is 0 Å². The molecule has 2 bridgehead atoms. The van der Waals surface area contributed by atoms with Crippen molar-refractivity contribution in [3.63, 3.8) is 0 Å². The van der Waals surface area contributed by atoms with Gasteiger partial charge in [0.25, 0.3) is 0 Å². The molecule has 1 aliphatic carbocycles. The summed E-state index contributed by atoms with van der Waals surface area (Å²) in [5.41, 5.74) is 0. The van der Waals surface area contributed by atoms with E-state index in [-0.39, 0.29) is 0 Å². The normalized spacial score (nSPS) is 46.2. The van der Waals surface area contributed by atoms with Crippen LogP contribution in [0.4, 0.5) is 0 Å². The second-order valence-electron chi connectivity index (χ2n) is 6.07. The highest BCUT2D eigenvalue weighted by Crippen LogP contribution is 2.37. The van der Waals surface area contributed by atoms with E-state index < -0.39 is 0 Å². The minimum atomic E-state index is 0.785. The van der Waals surface area contributed by atoms with Gasteiger partial charge in [0.05, 0.1) is 0 Å². The maximum Gasteiger partial charge on any atom is 0.0197 e. The van der Waals surface area contributed by atoms with Crippen molar-refractivity contribution >= 4 is 0 Å². The molecule has 2 heterocycles. The Morgan fingerprint density at radius 3 is 2.80 bits per heavy atom. The van der Waals surface area contributed by atoms with Crippen LogP contribution in [0.5, 0.6) is 0 Å². The first-order valence-corrected chi connectivity index (χ1v) is 6.78. The van der Waals surface area contributed by atoms with Gasteiger partial charge < -0.3 is 5.32 Å². The van der Waals surface area contributed by atoms with E-state index in [0.717, 1.165) is 23.9 Å². The van der Waals surface area contributed by atoms with E-state index in [4.69, 9.17) is 0 Å². The summed E-state index contributed by atoms with van der Waals surface area (Å²) in [4.78, 5) is 2.77. The molecule has 2 aliphatic heterocycles. The highest BCUT2D eigenvalue weighted by molar-refractivity contribution is 4.94. The zero-order valence-electron chi connectivity index (χ0n) is 9.91. The summed E-state index contributed by atoms with van der Waals surface area (Å²) in [6.07, 6.45) is 7.27. The smallest absolute Gasteiger partial charge is 0.0197 e. The number of likely N-dealkylation sites (tertiary alicyclic amines) is 1. The van der Waals surface area contributed by atoms with Crippen molar-refractivity contribution in [1.82, 2.24) is 10.2 Å². The number of piperidine rings is 2. The van der Waals surface area contributed by atoms with Gasteiger partial charge in [0.15, 0.2) is 0 Å². The molecule has 3 rings (SSSR count). The highest BCUT2D eigenvalue weighted by atomic mass is 15.2. The number of fused-ring (bicyclic) bond motifs is 2. The van der Waals surface area contributed by atoms with Crippen molar-refractivity contribution in [2.75, 3.05) is 19.6 Å². The van der Waals surface area contributed by atoms with Crippen molar-refractivity contribution in [3.05, 3.63) is 0 Å². The molecule has 0 aromatic carbocycles. The lowest BCUT2D eigenvalue weighted by molar-refractivity contribution is 0.169. The topological polar surface area (TPSA) is 15.3 Å². The lowest BCUT2D eigenvalue weighted by Gasteiger charge is -2.35. The van der Waals surface area contributed by atoms with Gasteiger partial charge >= 0.3 is 0 Å². The van der Waals surface area contributed by atoms with E-state index in [1.54, 1.807) is 0 Å². The molecule has 4 unspecified atom stereocenters. The number of hydrogen-bond donors (Lipinski definition) is 1. The quantitative estimate of drug-likeness (QED) is 0.745. The lowest BCUT2D eigenvalue weighted by atomic mass is 9.93. The number of nitrogens with zero attached hydrogens (tertiary/aromatic N) is 1. The summed E-state index contributed by atoms with van der Waals surface area (Å²) >= 11 is 0. The summed E-state index contributed by atoms with van der Waals surface area (Å²) in [6, 6.07) is 1.74. The van der Waals surface area contributed by atoms with Crippen molar-refractivity contribution in [2.45, 2.75) is 51.1 Å². The van der Waals surface area contributed by atoms with Crippen LogP contribution in [-0.4, -0.2) is 36.6 Å². The largest absolute Gasteiger partial charge is 0.313 e. The van der Waals surface area contributed by atoms with Gasteiger partial charge in [0, 0.05) is 25.2 Å². The zero-order chi connectivity index (χ0) is 10.3. The van der Waals surface area contributed by atoms with E-state index in [1.165, 1.54) is 51.7 Å². The Morgan fingerprint density at radius 1 is 1.20 bits per heavy atom. The first kappa shape index (κ1) is 10.1. The number of nitrogens with one attached hydrogen (secondary N) is 1. The molecular formula is C13H24N2. The fourth-order valence-corrected chi connectivity index (χ4v) is 3.89. The fourth-order valence-electron chi connectivity index (χ4n) is 3.89. The van der Waals surface area contributed by atoms with E-state index in [9.17, 15) is 0 Å². The van der Waals surface area contributed by atoms with Gasteiger partial charge in [0.1, 0.15) is 0 Å². The standard InChI is InChI=1S/C13H24N2/c1-10-4-5-14-12(6-10)9-15-8-11-2-3-13(15)7-11/h10-14H,2-9H2,1H3. The zero-order valence-corrected chi connectivity index (χ0v) is 9.91. The van der Waals surface area contributed by atoms with Crippen molar-refractivity contribution in [1.29, 1.82) is 0 Å². The Morgan fingerprint density at radius 2 is 2.13 bits per heavy atom. The van der Waals surface area contributed by atoms with Gasteiger partial charge in [-0.25, -0.2) is 0 Å². The molecule has 1 saturated carbocycles. The van der Waals surface area contributed by atoms with Crippen LogP contribution in [0.1, 0.15) is 39.0 Å². The molecule has 0 aromatic rings. The van der Waals surface area contributed by atoms with Gasteiger partial charge in [-0.2, -0.15) is 0 Å². The molecule has 2 heteroatoms. The average molecular weight is 208 g/mol. The molecule has 0 amide bonds. The first-order valence-electron chi connectivity index (χ1n) is 6.78. The van der Waals surface area contributed by atoms with Gasteiger partial charge in [-0.15, -0.1) is 0 Å². The Hall–Kier alpha value is -0.0800. The van der Waals surface area contributed by atoms with Crippen LogP contribution in [0, 0.1) is 11.8 Å². The highest BCUT2D eigenvalue weighted by Gasteiger charge is 2.38. The Kier molecular flexibility index (Phi) is 2.73. The predicted molar refractivity (Wildman–Crippen MR) is 62.9 cm³/mol. The Bertz CT molecular complexity index is 229. The van der Waals surface area contributed by atoms with Crippen LogP contribution in [0.25, 0.3) is 0 Å². The van der Waals surface area contributed by atoms with Crippen LogP contribution in [0.3, 0.4) is 0 Å². The molecule has 0 spiro atoms. The van der Waals surface area contributed by atoms with Crippen LogP contribution < -0.4 is 5.32 Å². The molecule has 0 radical (unpaired) electrons. The summed E-state index contributed by atoms with van der Waals surface area (Å²) in [7, 11) is 0. The third-order valence-electron chi connectivity index (χ3n) is 4.73. The van der Waals surface area contributed by atoms with E-state index >= 15 is 0 Å². The molecular weight excluding hydrogens is 184 g/mol. The van der Waals surface area contributed by atoms with E-state index in [0.29, 0.717) is 0 Å². The lowest BCUT2D eigenvalue weighted by Crippen LogP contribution is -2.47. The van der Waals surface area contributed by atoms with Crippen molar-refractivity contribution in [2.24, 2.45) is 11.8 Å². The van der Waals surface area contributed by atoms with Gasteiger partial charge in [-0.1, -0.05) is 6.92 Å². The van der Waals surface area contributed by atoms with Crippen LogP contribution in [-0.2, 0) is 0 Å². The molecule has 1 N–H and O–H groups in total. The van der Waals surface area contributed by atoms with Crippen LogP contribution >= 0.6 is 0 Å². The molecule has 3 fully saturated rings. The third kappa shape index (κ3) is 2.07. The predicted octanol–water partition coefficient (Wildman–Crippen LogP) is 1.86. The monoisotopic (exact) mass is 208 g/mol. The van der Waals surface area contributed by atoms with Gasteiger partial charge in [-0.05, 0) is 50.5 Å². The van der Waals surface area contributed by atoms with Gasteiger partial charge in [-0.3, -0.25) is 4.90 Å². The second-order valence-corrected chi connectivity index (χ2v) is 6.07. The van der Waals surface area contributed by atoms with Crippen LogP contribution in [0.15, 0.2) is 0 Å². The first-order chi connectivity index (χ1) is 7.31. The molecule has 0 aromatic heterocycles. The SMILES string of the molecule is CC1CCNC(CN2CC3CCC2C3)C1. The van der Waals surface area contributed by atoms with Gasteiger partial charge in [0.2, 0.25) is 0 Å². The van der Waals surface area contributed by atoms with E-state index in [2.05, 4.69) is 17.1 Å². The Labute approximate surface area is 93.4 Å². The maximum atomic E-state index is 3.69. The molecule has 3 aliphatic rings. The fraction of sp³-hybridized carbons (Fsp3) is 1.00. The van der Waals surface area contributed by atoms with Crippen molar-refractivity contribution in [3.8, 4) is 0 Å². The average Bonchev–Trinajstić information content (AvgIpc) is 2.79. The summed E-state index contributed by atoms with van der Waals surface area (Å²) in [5, 5.41) is 3.69. The molecule has 4 atom stereocenters. The minimum absolute atomic E-state index is 0.785. The number of rotatable bonds is 2. The maximum absolute atomic E-state index is 3.69. The number of hydrogen-bond acceptors (Lipinski definition) is 2. The Balaban J connectivity index is 1.52. The molecule has 15 heavy (non-hydrogen) atoms. The summed E-state index contributed by atoms with van der Waals surface area (Å²) in [5.74, 6) is 1.99. The third-order valence-corrected chi connectivity index (χ3v) is 4.73. The molecule has 86 valence electrons. The van der Waals surface area contributed by atoms with Crippen molar-refractivity contribution < 1.29 is 0 Å². The van der Waals surface area contributed by atoms with Crippen LogP contribution in [0.2, 0.25) is 0 Å². The molecule has 2 saturated heterocycles. The second kappa shape index (κ2) is 4.06.